The van der Waals surface area contributed by atoms with Crippen LogP contribution in [0.15, 0.2) is 65.1 Å². The summed E-state index contributed by atoms with van der Waals surface area (Å²) in [6, 6.07) is 18.6. The van der Waals surface area contributed by atoms with E-state index in [1.54, 1.807) is 0 Å². The van der Waals surface area contributed by atoms with Crippen molar-refractivity contribution in [3.8, 4) is 11.5 Å². The van der Waals surface area contributed by atoms with E-state index in [0.717, 1.165) is 31.1 Å². The van der Waals surface area contributed by atoms with Crippen molar-refractivity contribution in [1.29, 1.82) is 0 Å². The van der Waals surface area contributed by atoms with E-state index in [2.05, 4.69) is 19.1 Å². The molecule has 0 bridgehead atoms. The van der Waals surface area contributed by atoms with Gasteiger partial charge in [-0.05, 0) is 36.2 Å². The Kier molecular flexibility index (Phi) is 7.07. The molecule has 4 rings (SSSR count). The third-order valence-electron chi connectivity index (χ3n) is 5.90. The molecule has 0 spiro atoms. The van der Waals surface area contributed by atoms with Crippen molar-refractivity contribution in [1.82, 2.24) is 0 Å². The first kappa shape index (κ1) is 23.2. The van der Waals surface area contributed by atoms with Gasteiger partial charge in [0.15, 0.2) is 11.5 Å². The Morgan fingerprint density at radius 3 is 2.41 bits per heavy atom. The Morgan fingerprint density at radius 1 is 0.971 bits per heavy atom. The molecule has 0 aliphatic rings. The molecule has 34 heavy (non-hydrogen) atoms. The lowest BCUT2D eigenvalue weighted by Gasteiger charge is -2.08. The molecule has 0 saturated heterocycles. The van der Waals surface area contributed by atoms with E-state index >= 15 is 0 Å². The van der Waals surface area contributed by atoms with Gasteiger partial charge in [0.05, 0.1) is 23.5 Å². The summed E-state index contributed by atoms with van der Waals surface area (Å²) < 4.78 is 12.1. The summed E-state index contributed by atoms with van der Waals surface area (Å²) >= 11 is 0. The first-order valence-corrected chi connectivity index (χ1v) is 11.6. The molecule has 0 unspecified atom stereocenters. The number of ketones is 1. The number of phenolic OH excluding ortho intramolecular Hbond substituents is 1. The number of rotatable bonds is 10. The average Bonchev–Trinajstić information content (AvgIpc) is 3.20. The number of nitrogen functional groups attached to an aromatic ring is 2. The normalized spacial score (nSPS) is 11.1. The maximum absolute atomic E-state index is 13.5. The molecule has 1 aromatic heterocycles. The Morgan fingerprint density at radius 2 is 1.71 bits per heavy atom. The van der Waals surface area contributed by atoms with Gasteiger partial charge in [-0.25, -0.2) is 0 Å². The van der Waals surface area contributed by atoms with Crippen LogP contribution in [0.2, 0.25) is 0 Å². The van der Waals surface area contributed by atoms with Crippen molar-refractivity contribution in [2.45, 2.75) is 39.0 Å². The predicted molar refractivity (Wildman–Crippen MR) is 135 cm³/mol. The summed E-state index contributed by atoms with van der Waals surface area (Å²) in [5, 5.41) is 10.6. The monoisotopic (exact) mass is 458 g/mol. The third-order valence-corrected chi connectivity index (χ3v) is 5.90. The molecule has 0 aliphatic heterocycles. The SMILES string of the molecule is CCCCCc1oc2cc(OCCc3ccccc3)ccc2c1C(=O)c1cc(N)c(O)c(N)c1. The summed E-state index contributed by atoms with van der Waals surface area (Å²) in [7, 11) is 0. The number of hydrogen-bond donors (Lipinski definition) is 3. The van der Waals surface area contributed by atoms with Gasteiger partial charge in [-0.2, -0.15) is 0 Å². The number of aryl methyl sites for hydroxylation is 1. The quantitative estimate of drug-likeness (QED) is 0.118. The van der Waals surface area contributed by atoms with Crippen LogP contribution in [0.25, 0.3) is 11.0 Å². The van der Waals surface area contributed by atoms with Gasteiger partial charge in [0.1, 0.15) is 17.1 Å². The van der Waals surface area contributed by atoms with Gasteiger partial charge in [0, 0.05) is 29.9 Å². The smallest absolute Gasteiger partial charge is 0.197 e. The van der Waals surface area contributed by atoms with Crippen LogP contribution in [0.1, 0.15) is 53.4 Å². The highest BCUT2D eigenvalue weighted by Crippen LogP contribution is 2.35. The molecule has 4 aromatic rings. The number of nitrogens with two attached hydrogens (primary N) is 2. The number of unbranched alkanes of at least 4 members (excludes halogenated alkanes) is 2. The number of carbonyl (C=O) groups excluding carboxylic acids is 1. The summed E-state index contributed by atoms with van der Waals surface area (Å²) in [6.45, 7) is 2.67. The van der Waals surface area contributed by atoms with E-state index in [1.807, 2.05) is 36.4 Å². The van der Waals surface area contributed by atoms with E-state index in [-0.39, 0.29) is 22.9 Å². The van der Waals surface area contributed by atoms with Gasteiger partial charge in [0.25, 0.3) is 0 Å². The molecule has 5 N–H and O–H groups in total. The number of ether oxygens (including phenoxy) is 1. The first-order chi connectivity index (χ1) is 16.5. The molecule has 0 amide bonds. The second-order valence-electron chi connectivity index (χ2n) is 8.43. The number of phenols is 1. The fourth-order valence-corrected chi connectivity index (χ4v) is 4.06. The van der Waals surface area contributed by atoms with E-state index in [9.17, 15) is 9.90 Å². The number of carbonyl (C=O) groups is 1. The van der Waals surface area contributed by atoms with Gasteiger partial charge in [-0.1, -0.05) is 50.1 Å². The molecular formula is C28H30N2O4. The maximum Gasteiger partial charge on any atom is 0.197 e. The third kappa shape index (κ3) is 5.01. The highest BCUT2D eigenvalue weighted by Gasteiger charge is 2.23. The van der Waals surface area contributed by atoms with Gasteiger partial charge >= 0.3 is 0 Å². The van der Waals surface area contributed by atoms with Crippen molar-refractivity contribution < 1.29 is 19.1 Å². The van der Waals surface area contributed by atoms with E-state index in [4.69, 9.17) is 20.6 Å². The standard InChI is InChI=1S/C28H30N2O4/c1-2-3-5-10-24-26(27(31)19-15-22(29)28(32)23(30)16-19)21-12-11-20(17-25(21)34-24)33-14-13-18-8-6-4-7-9-18/h4,6-9,11-12,15-17,32H,2-3,5,10,13-14,29-30H2,1H3. The first-order valence-electron chi connectivity index (χ1n) is 11.6. The van der Waals surface area contributed by atoms with Crippen LogP contribution in [0, 0.1) is 0 Å². The number of aromatic hydroxyl groups is 1. The lowest BCUT2D eigenvalue weighted by atomic mass is 9.97. The summed E-state index contributed by atoms with van der Waals surface area (Å²) in [5.74, 6) is 0.880. The van der Waals surface area contributed by atoms with Crippen LogP contribution in [-0.2, 0) is 12.8 Å². The minimum Gasteiger partial charge on any atom is -0.504 e. The van der Waals surface area contributed by atoms with E-state index < -0.39 is 0 Å². The number of anilines is 2. The van der Waals surface area contributed by atoms with E-state index in [1.165, 1.54) is 17.7 Å². The fraction of sp³-hybridized carbons (Fsp3) is 0.250. The Balaban J connectivity index is 1.63. The number of hydrogen-bond acceptors (Lipinski definition) is 6. The van der Waals surface area contributed by atoms with Crippen molar-refractivity contribution >= 4 is 28.1 Å². The second kappa shape index (κ2) is 10.3. The topological polar surface area (TPSA) is 112 Å². The van der Waals surface area contributed by atoms with Crippen molar-refractivity contribution in [3.05, 3.63) is 83.1 Å². The number of benzene rings is 3. The van der Waals surface area contributed by atoms with Crippen LogP contribution < -0.4 is 16.2 Å². The van der Waals surface area contributed by atoms with E-state index in [0.29, 0.717) is 41.2 Å². The molecule has 1 heterocycles. The summed E-state index contributed by atoms with van der Waals surface area (Å²) in [6.07, 6.45) is 4.46. The molecule has 0 atom stereocenters. The predicted octanol–water partition coefficient (Wildman–Crippen LogP) is 5.89. The maximum atomic E-state index is 13.5. The minimum absolute atomic E-state index is 0.0674. The Hall–Kier alpha value is -3.93. The molecule has 0 saturated carbocycles. The second-order valence-corrected chi connectivity index (χ2v) is 8.43. The highest BCUT2D eigenvalue weighted by atomic mass is 16.5. The van der Waals surface area contributed by atoms with Crippen LogP contribution in [0.4, 0.5) is 11.4 Å². The average molecular weight is 459 g/mol. The molecule has 0 aliphatic carbocycles. The largest absolute Gasteiger partial charge is 0.504 e. The van der Waals surface area contributed by atoms with Crippen LogP contribution in [0.5, 0.6) is 11.5 Å². The molecule has 6 nitrogen and oxygen atoms in total. The van der Waals surface area contributed by atoms with Crippen molar-refractivity contribution in [2.24, 2.45) is 0 Å². The zero-order valence-corrected chi connectivity index (χ0v) is 19.3. The fourth-order valence-electron chi connectivity index (χ4n) is 4.06. The minimum atomic E-state index is -0.235. The molecular weight excluding hydrogens is 428 g/mol. The van der Waals surface area contributed by atoms with Crippen LogP contribution >= 0.6 is 0 Å². The molecule has 3 aromatic carbocycles. The Bertz CT molecular complexity index is 1270. The van der Waals surface area contributed by atoms with Crippen LogP contribution in [0.3, 0.4) is 0 Å². The zero-order chi connectivity index (χ0) is 24.1. The molecule has 176 valence electrons. The number of furan rings is 1. The van der Waals surface area contributed by atoms with Crippen LogP contribution in [-0.4, -0.2) is 17.5 Å². The molecule has 0 fully saturated rings. The molecule has 0 radical (unpaired) electrons. The van der Waals surface area contributed by atoms with Crippen molar-refractivity contribution in [3.63, 3.8) is 0 Å². The summed E-state index contributed by atoms with van der Waals surface area (Å²) in [5.41, 5.74) is 14.5. The van der Waals surface area contributed by atoms with Gasteiger partial charge in [-0.3, -0.25) is 4.79 Å². The van der Waals surface area contributed by atoms with Gasteiger partial charge < -0.3 is 25.7 Å². The molecule has 6 heteroatoms. The van der Waals surface area contributed by atoms with Gasteiger partial charge in [0.2, 0.25) is 0 Å². The lowest BCUT2D eigenvalue weighted by molar-refractivity contribution is 0.103. The number of fused-ring (bicyclic) bond motifs is 1. The lowest BCUT2D eigenvalue weighted by Crippen LogP contribution is -2.06. The zero-order valence-electron chi connectivity index (χ0n) is 19.3. The van der Waals surface area contributed by atoms with Crippen molar-refractivity contribution in [2.75, 3.05) is 18.1 Å². The highest BCUT2D eigenvalue weighted by molar-refractivity contribution is 6.17. The summed E-state index contributed by atoms with van der Waals surface area (Å²) in [4.78, 5) is 13.5. The Labute approximate surface area is 199 Å². The van der Waals surface area contributed by atoms with Gasteiger partial charge in [-0.15, -0.1) is 0 Å².